The van der Waals surface area contributed by atoms with Gasteiger partial charge in [-0.3, -0.25) is 4.79 Å². The van der Waals surface area contributed by atoms with Crippen LogP contribution in [-0.2, 0) is 21.1 Å². The molecule has 0 fully saturated rings. The molecule has 1 N–H and O–H groups in total. The quantitative estimate of drug-likeness (QED) is 0.718. The van der Waals surface area contributed by atoms with Crippen molar-refractivity contribution in [2.75, 3.05) is 6.26 Å². The van der Waals surface area contributed by atoms with Gasteiger partial charge in [-0.05, 0) is 23.8 Å². The number of nitrogens with zero attached hydrogens (tertiary/aromatic N) is 1. The Labute approximate surface area is 153 Å². The number of benzene rings is 2. The summed E-state index contributed by atoms with van der Waals surface area (Å²) < 4.78 is 37.5. The number of thiazole rings is 1. The van der Waals surface area contributed by atoms with E-state index in [-0.39, 0.29) is 11.3 Å². The summed E-state index contributed by atoms with van der Waals surface area (Å²) in [5.74, 6) is -1.44. The Hall–Kier alpha value is -2.58. The molecule has 8 heteroatoms. The maximum absolute atomic E-state index is 13.3. The molecule has 0 saturated heterocycles. The number of hydrogen-bond donors (Lipinski definition) is 1. The molecule has 1 aromatic heterocycles. The molecule has 2 aromatic carbocycles. The van der Waals surface area contributed by atoms with Crippen LogP contribution >= 0.6 is 11.3 Å². The van der Waals surface area contributed by atoms with Crippen LogP contribution in [0.2, 0.25) is 0 Å². The van der Waals surface area contributed by atoms with Crippen LogP contribution in [-0.4, -0.2) is 30.7 Å². The number of carboxylic acid groups (broad SMARTS) is 1. The van der Waals surface area contributed by atoms with Gasteiger partial charge in [-0.15, -0.1) is 11.3 Å². The van der Waals surface area contributed by atoms with Crippen LogP contribution in [0.3, 0.4) is 0 Å². The number of aromatic nitrogens is 1. The minimum Gasteiger partial charge on any atom is -0.481 e. The van der Waals surface area contributed by atoms with E-state index in [2.05, 4.69) is 4.98 Å². The third-order valence-electron chi connectivity index (χ3n) is 3.62. The molecule has 0 unspecified atom stereocenters. The monoisotopic (exact) mass is 391 g/mol. The fraction of sp³-hybridized carbons (Fsp3) is 0.111. The van der Waals surface area contributed by atoms with Crippen LogP contribution in [0, 0.1) is 5.82 Å². The van der Waals surface area contributed by atoms with Crippen LogP contribution in [0.4, 0.5) is 4.39 Å². The third kappa shape index (κ3) is 3.81. The van der Waals surface area contributed by atoms with Crippen molar-refractivity contribution in [3.05, 3.63) is 59.4 Å². The van der Waals surface area contributed by atoms with Crippen LogP contribution in [0.1, 0.15) is 5.01 Å². The highest BCUT2D eigenvalue weighted by Gasteiger charge is 2.22. The SMILES string of the molecule is CS(=O)(=O)c1ccccc1-c1nc(CC(=O)O)sc1-c1ccc(F)cc1. The largest absolute Gasteiger partial charge is 0.481 e. The van der Waals surface area contributed by atoms with E-state index in [1.807, 2.05) is 0 Å². The van der Waals surface area contributed by atoms with Crippen molar-refractivity contribution >= 4 is 27.1 Å². The van der Waals surface area contributed by atoms with Gasteiger partial charge in [-0.1, -0.05) is 30.3 Å². The molecule has 134 valence electrons. The summed E-state index contributed by atoms with van der Waals surface area (Å²) in [7, 11) is -3.51. The Balaban J connectivity index is 2.25. The predicted octanol–water partition coefficient (Wildman–Crippen LogP) is 3.65. The van der Waals surface area contributed by atoms with Gasteiger partial charge in [-0.2, -0.15) is 0 Å². The van der Waals surface area contributed by atoms with Gasteiger partial charge in [0.15, 0.2) is 9.84 Å². The van der Waals surface area contributed by atoms with Crippen molar-refractivity contribution in [1.82, 2.24) is 4.98 Å². The van der Waals surface area contributed by atoms with Crippen molar-refractivity contribution in [3.8, 4) is 21.7 Å². The molecule has 5 nitrogen and oxygen atoms in total. The average molecular weight is 391 g/mol. The summed E-state index contributed by atoms with van der Waals surface area (Å²) in [6.45, 7) is 0. The zero-order valence-corrected chi connectivity index (χ0v) is 15.3. The van der Waals surface area contributed by atoms with Gasteiger partial charge in [0.25, 0.3) is 0 Å². The molecule has 3 rings (SSSR count). The van der Waals surface area contributed by atoms with E-state index in [1.54, 1.807) is 30.3 Å². The minimum atomic E-state index is -3.51. The number of hydrogen-bond acceptors (Lipinski definition) is 5. The van der Waals surface area contributed by atoms with E-state index in [4.69, 9.17) is 5.11 Å². The first-order valence-corrected chi connectivity index (χ1v) is 10.2. The first-order valence-electron chi connectivity index (χ1n) is 7.52. The number of carboxylic acids is 1. The molecule has 0 atom stereocenters. The second-order valence-electron chi connectivity index (χ2n) is 5.63. The molecule has 3 aromatic rings. The molecular weight excluding hydrogens is 377 g/mol. The number of aliphatic carboxylic acids is 1. The molecule has 0 spiro atoms. The van der Waals surface area contributed by atoms with Crippen LogP contribution < -0.4 is 0 Å². The van der Waals surface area contributed by atoms with Crippen molar-refractivity contribution in [2.45, 2.75) is 11.3 Å². The Bertz CT molecular complexity index is 1070. The fourth-order valence-corrected chi connectivity index (χ4v) is 4.50. The Kier molecular flexibility index (Phi) is 4.88. The average Bonchev–Trinajstić information content (AvgIpc) is 2.97. The van der Waals surface area contributed by atoms with E-state index < -0.39 is 21.6 Å². The van der Waals surface area contributed by atoms with Gasteiger partial charge in [0.05, 0.1) is 21.9 Å². The van der Waals surface area contributed by atoms with Crippen molar-refractivity contribution < 1.29 is 22.7 Å². The molecule has 0 saturated carbocycles. The van der Waals surface area contributed by atoms with E-state index >= 15 is 0 Å². The second kappa shape index (κ2) is 6.97. The number of rotatable bonds is 5. The highest BCUT2D eigenvalue weighted by atomic mass is 32.2. The molecule has 0 aliphatic rings. The number of sulfone groups is 1. The van der Waals surface area contributed by atoms with Crippen molar-refractivity contribution in [1.29, 1.82) is 0 Å². The molecule has 0 aliphatic carbocycles. The molecule has 26 heavy (non-hydrogen) atoms. The molecular formula is C18H14FNO4S2. The van der Waals surface area contributed by atoms with Crippen molar-refractivity contribution in [2.24, 2.45) is 0 Å². The maximum Gasteiger partial charge on any atom is 0.310 e. The third-order valence-corrected chi connectivity index (χ3v) is 5.88. The van der Waals surface area contributed by atoms with Gasteiger partial charge >= 0.3 is 5.97 Å². The second-order valence-corrected chi connectivity index (χ2v) is 8.70. The summed E-state index contributed by atoms with van der Waals surface area (Å²) in [5, 5.41) is 9.39. The van der Waals surface area contributed by atoms with E-state index in [1.165, 1.54) is 18.2 Å². The summed E-state index contributed by atoms with van der Waals surface area (Å²) in [4.78, 5) is 16.1. The highest BCUT2D eigenvalue weighted by Crippen LogP contribution is 2.39. The highest BCUT2D eigenvalue weighted by molar-refractivity contribution is 7.90. The normalized spacial score (nSPS) is 11.5. The molecule has 1 heterocycles. The van der Waals surface area contributed by atoms with E-state index in [0.29, 0.717) is 26.7 Å². The number of carbonyl (C=O) groups is 1. The Morgan fingerprint density at radius 1 is 1.15 bits per heavy atom. The minimum absolute atomic E-state index is 0.107. The first-order chi connectivity index (χ1) is 12.3. The standard InChI is InChI=1S/C18H14FNO4S2/c1-26(23,24)14-5-3-2-4-13(14)17-18(11-6-8-12(19)9-7-11)25-15(20-17)10-16(21)22/h2-9H,10H2,1H3,(H,21,22). The lowest BCUT2D eigenvalue weighted by molar-refractivity contribution is -0.136. The topological polar surface area (TPSA) is 84.3 Å². The maximum atomic E-state index is 13.3. The molecule has 0 amide bonds. The van der Waals surface area contributed by atoms with Gasteiger partial charge < -0.3 is 5.11 Å². The summed E-state index contributed by atoms with van der Waals surface area (Å²) in [6, 6.07) is 12.1. The lowest BCUT2D eigenvalue weighted by Gasteiger charge is -2.08. The molecule has 0 aliphatic heterocycles. The van der Waals surface area contributed by atoms with E-state index in [0.717, 1.165) is 17.6 Å². The van der Waals surface area contributed by atoms with Crippen molar-refractivity contribution in [3.63, 3.8) is 0 Å². The molecule has 0 radical (unpaired) electrons. The summed E-state index contributed by atoms with van der Waals surface area (Å²) >= 11 is 1.15. The van der Waals surface area contributed by atoms with Crippen LogP contribution in [0.5, 0.6) is 0 Å². The van der Waals surface area contributed by atoms with Gasteiger partial charge in [0.2, 0.25) is 0 Å². The van der Waals surface area contributed by atoms with Crippen LogP contribution in [0.25, 0.3) is 21.7 Å². The first kappa shape index (κ1) is 18.2. The zero-order valence-electron chi connectivity index (χ0n) is 13.6. The van der Waals surface area contributed by atoms with Gasteiger partial charge in [-0.25, -0.2) is 17.8 Å². The summed E-state index contributed by atoms with van der Waals surface area (Å²) in [6.07, 6.45) is 0.827. The van der Waals surface area contributed by atoms with E-state index in [9.17, 15) is 17.6 Å². The van der Waals surface area contributed by atoms with Crippen LogP contribution in [0.15, 0.2) is 53.4 Å². The smallest absolute Gasteiger partial charge is 0.310 e. The fourth-order valence-electron chi connectivity index (χ4n) is 2.53. The van der Waals surface area contributed by atoms with Gasteiger partial charge in [0.1, 0.15) is 10.8 Å². The number of halogens is 1. The predicted molar refractivity (Wildman–Crippen MR) is 97.4 cm³/mol. The molecule has 0 bridgehead atoms. The Morgan fingerprint density at radius 3 is 2.42 bits per heavy atom. The lowest BCUT2D eigenvalue weighted by atomic mass is 10.1. The lowest BCUT2D eigenvalue weighted by Crippen LogP contribution is -2.01. The summed E-state index contributed by atoms with van der Waals surface area (Å²) in [5.41, 5.74) is 1.40. The zero-order chi connectivity index (χ0) is 18.9. The van der Waals surface area contributed by atoms with Gasteiger partial charge in [0, 0.05) is 11.8 Å². The Morgan fingerprint density at radius 2 is 1.81 bits per heavy atom.